The van der Waals surface area contributed by atoms with Crippen molar-refractivity contribution in [3.63, 3.8) is 0 Å². The van der Waals surface area contributed by atoms with Crippen LogP contribution in [0.3, 0.4) is 0 Å². The first-order chi connectivity index (χ1) is 7.20. The number of nitrogen functional groups attached to an aromatic ring is 1. The zero-order valence-corrected chi connectivity index (χ0v) is 9.46. The summed E-state index contributed by atoms with van der Waals surface area (Å²) < 4.78 is 0. The van der Waals surface area contributed by atoms with Crippen LogP contribution in [0.1, 0.15) is 36.4 Å². The molecule has 3 N–H and O–H groups in total. The van der Waals surface area contributed by atoms with Crippen LogP contribution in [0.15, 0.2) is 12.3 Å². The summed E-state index contributed by atoms with van der Waals surface area (Å²) in [5.74, 6) is 1.56. The van der Waals surface area contributed by atoms with Gasteiger partial charge in [-0.3, -0.25) is 0 Å². The zero-order chi connectivity index (χ0) is 10.8. The standard InChI is InChI=1S/C12H19N3/c1-8-5-10(12(13)15-7-8)11(14-2)6-9-3-4-9/h5,7,9,11,14H,3-4,6H2,1-2H3,(H2,13,15). The summed E-state index contributed by atoms with van der Waals surface area (Å²) in [4.78, 5) is 4.21. The molecule has 1 atom stereocenters. The highest BCUT2D eigenvalue weighted by Gasteiger charge is 2.26. The number of nitrogens with one attached hydrogen (secondary N) is 1. The Morgan fingerprint density at radius 2 is 2.33 bits per heavy atom. The Morgan fingerprint density at radius 3 is 2.93 bits per heavy atom. The average Bonchev–Trinajstić information content (AvgIpc) is 3.02. The molecule has 0 bridgehead atoms. The number of rotatable bonds is 4. The van der Waals surface area contributed by atoms with Crippen molar-refractivity contribution >= 4 is 5.82 Å². The first-order valence-electron chi connectivity index (χ1n) is 5.60. The van der Waals surface area contributed by atoms with Crippen molar-refractivity contribution in [1.29, 1.82) is 0 Å². The Hall–Kier alpha value is -1.09. The van der Waals surface area contributed by atoms with Crippen LogP contribution in [0.5, 0.6) is 0 Å². The zero-order valence-electron chi connectivity index (χ0n) is 9.46. The summed E-state index contributed by atoms with van der Waals surface area (Å²) in [7, 11) is 1.99. The lowest BCUT2D eigenvalue weighted by Gasteiger charge is -2.18. The van der Waals surface area contributed by atoms with Crippen LogP contribution in [0, 0.1) is 12.8 Å². The quantitative estimate of drug-likeness (QED) is 0.790. The Balaban J connectivity index is 2.19. The molecule has 1 aromatic heterocycles. The topological polar surface area (TPSA) is 50.9 Å². The highest BCUT2D eigenvalue weighted by molar-refractivity contribution is 5.43. The lowest BCUT2D eigenvalue weighted by Crippen LogP contribution is -2.19. The van der Waals surface area contributed by atoms with E-state index >= 15 is 0 Å². The van der Waals surface area contributed by atoms with Gasteiger partial charge >= 0.3 is 0 Å². The third-order valence-corrected chi connectivity index (χ3v) is 3.08. The van der Waals surface area contributed by atoms with Crippen molar-refractivity contribution in [2.24, 2.45) is 5.92 Å². The Bertz CT molecular complexity index is 345. The summed E-state index contributed by atoms with van der Waals surface area (Å²) in [5, 5.41) is 3.34. The fourth-order valence-electron chi connectivity index (χ4n) is 1.97. The maximum Gasteiger partial charge on any atom is 0.128 e. The fraction of sp³-hybridized carbons (Fsp3) is 0.583. The van der Waals surface area contributed by atoms with E-state index in [1.54, 1.807) is 0 Å². The van der Waals surface area contributed by atoms with Crippen molar-refractivity contribution in [2.75, 3.05) is 12.8 Å². The number of aromatic nitrogens is 1. The molecular formula is C12H19N3. The smallest absolute Gasteiger partial charge is 0.128 e. The van der Waals surface area contributed by atoms with Gasteiger partial charge in [0, 0.05) is 17.8 Å². The van der Waals surface area contributed by atoms with E-state index in [-0.39, 0.29) is 0 Å². The van der Waals surface area contributed by atoms with E-state index in [4.69, 9.17) is 5.73 Å². The van der Waals surface area contributed by atoms with Gasteiger partial charge in [0.2, 0.25) is 0 Å². The number of nitrogens with two attached hydrogens (primary N) is 1. The van der Waals surface area contributed by atoms with Gasteiger partial charge in [0.1, 0.15) is 5.82 Å². The number of aryl methyl sites for hydroxylation is 1. The predicted molar refractivity (Wildman–Crippen MR) is 62.5 cm³/mol. The molecule has 3 heteroatoms. The van der Waals surface area contributed by atoms with Crippen LogP contribution in [-0.2, 0) is 0 Å². The molecule has 0 saturated heterocycles. The predicted octanol–water partition coefficient (Wildman–Crippen LogP) is 2.03. The number of nitrogens with zero attached hydrogens (tertiary/aromatic N) is 1. The molecule has 3 nitrogen and oxygen atoms in total. The van der Waals surface area contributed by atoms with Crippen LogP contribution in [-0.4, -0.2) is 12.0 Å². The van der Waals surface area contributed by atoms with Crippen molar-refractivity contribution in [1.82, 2.24) is 10.3 Å². The molecule has 0 radical (unpaired) electrons. The molecule has 1 aromatic rings. The molecule has 1 fully saturated rings. The molecule has 0 aliphatic heterocycles. The molecule has 1 saturated carbocycles. The number of hydrogen-bond donors (Lipinski definition) is 2. The van der Waals surface area contributed by atoms with Gasteiger partial charge in [-0.25, -0.2) is 4.98 Å². The minimum atomic E-state index is 0.366. The van der Waals surface area contributed by atoms with Gasteiger partial charge in [-0.2, -0.15) is 0 Å². The first kappa shape index (κ1) is 10.4. The largest absolute Gasteiger partial charge is 0.383 e. The molecule has 0 amide bonds. The van der Waals surface area contributed by atoms with E-state index < -0.39 is 0 Å². The molecular weight excluding hydrogens is 186 g/mol. The molecule has 82 valence electrons. The molecule has 1 aliphatic carbocycles. The third-order valence-electron chi connectivity index (χ3n) is 3.08. The maximum atomic E-state index is 5.91. The van der Waals surface area contributed by atoms with Crippen LogP contribution in [0.2, 0.25) is 0 Å². The van der Waals surface area contributed by atoms with Gasteiger partial charge in [-0.1, -0.05) is 12.8 Å². The summed E-state index contributed by atoms with van der Waals surface area (Å²) in [6.07, 6.45) is 5.75. The second kappa shape index (κ2) is 4.19. The Labute approximate surface area is 91.1 Å². The van der Waals surface area contributed by atoms with E-state index in [1.807, 2.05) is 13.2 Å². The molecule has 1 aliphatic rings. The average molecular weight is 205 g/mol. The number of anilines is 1. The normalized spacial score (nSPS) is 17.7. The maximum absolute atomic E-state index is 5.91. The van der Waals surface area contributed by atoms with E-state index in [1.165, 1.54) is 24.8 Å². The van der Waals surface area contributed by atoms with E-state index in [9.17, 15) is 0 Å². The summed E-state index contributed by atoms with van der Waals surface area (Å²) in [6.45, 7) is 2.06. The lowest BCUT2D eigenvalue weighted by atomic mass is 10.0. The monoisotopic (exact) mass is 205 g/mol. The minimum Gasteiger partial charge on any atom is -0.383 e. The molecule has 0 spiro atoms. The molecule has 2 rings (SSSR count). The van der Waals surface area contributed by atoms with Gasteiger partial charge in [0.25, 0.3) is 0 Å². The molecule has 0 aromatic carbocycles. The Kier molecular flexibility index (Phi) is 2.91. The summed E-state index contributed by atoms with van der Waals surface area (Å²) >= 11 is 0. The van der Waals surface area contributed by atoms with E-state index in [0.717, 1.165) is 11.5 Å². The van der Waals surface area contributed by atoms with Crippen LogP contribution in [0.4, 0.5) is 5.82 Å². The van der Waals surface area contributed by atoms with Crippen LogP contribution in [0.25, 0.3) is 0 Å². The van der Waals surface area contributed by atoms with Gasteiger partial charge < -0.3 is 11.1 Å². The SMILES string of the molecule is CNC(CC1CC1)c1cc(C)cnc1N. The van der Waals surface area contributed by atoms with Crippen molar-refractivity contribution in [2.45, 2.75) is 32.2 Å². The van der Waals surface area contributed by atoms with Gasteiger partial charge in [0.05, 0.1) is 0 Å². The summed E-state index contributed by atoms with van der Waals surface area (Å²) in [6, 6.07) is 2.51. The van der Waals surface area contributed by atoms with E-state index in [0.29, 0.717) is 11.9 Å². The summed E-state index contributed by atoms with van der Waals surface area (Å²) in [5.41, 5.74) is 8.24. The molecule has 15 heavy (non-hydrogen) atoms. The molecule has 1 heterocycles. The van der Waals surface area contributed by atoms with Crippen LogP contribution >= 0.6 is 0 Å². The van der Waals surface area contributed by atoms with Gasteiger partial charge in [-0.15, -0.1) is 0 Å². The molecule has 1 unspecified atom stereocenters. The number of pyridine rings is 1. The van der Waals surface area contributed by atoms with Crippen molar-refractivity contribution < 1.29 is 0 Å². The fourth-order valence-corrected chi connectivity index (χ4v) is 1.97. The Morgan fingerprint density at radius 1 is 1.60 bits per heavy atom. The first-order valence-corrected chi connectivity index (χ1v) is 5.60. The lowest BCUT2D eigenvalue weighted by molar-refractivity contribution is 0.514. The minimum absolute atomic E-state index is 0.366. The van der Waals surface area contributed by atoms with E-state index in [2.05, 4.69) is 23.3 Å². The second-order valence-electron chi connectivity index (χ2n) is 4.51. The van der Waals surface area contributed by atoms with Gasteiger partial charge in [-0.05, 0) is 37.9 Å². The number of hydrogen-bond acceptors (Lipinski definition) is 3. The highest BCUT2D eigenvalue weighted by atomic mass is 14.9. The second-order valence-corrected chi connectivity index (χ2v) is 4.51. The van der Waals surface area contributed by atoms with Crippen LogP contribution < -0.4 is 11.1 Å². The van der Waals surface area contributed by atoms with Gasteiger partial charge in [0.15, 0.2) is 0 Å². The van der Waals surface area contributed by atoms with Crippen molar-refractivity contribution in [3.05, 3.63) is 23.4 Å². The van der Waals surface area contributed by atoms with Crippen molar-refractivity contribution in [3.8, 4) is 0 Å². The third kappa shape index (κ3) is 2.48. The highest BCUT2D eigenvalue weighted by Crippen LogP contribution is 2.38.